The lowest BCUT2D eigenvalue weighted by atomic mass is 9.81. The molecule has 104 valence electrons. The van der Waals surface area contributed by atoms with Crippen molar-refractivity contribution in [2.45, 2.75) is 46.1 Å². The summed E-state index contributed by atoms with van der Waals surface area (Å²) in [6, 6.07) is -0.781. The Morgan fingerprint density at radius 3 is 2.56 bits per heavy atom. The fourth-order valence-electron chi connectivity index (χ4n) is 2.28. The molecule has 0 saturated carbocycles. The van der Waals surface area contributed by atoms with Crippen molar-refractivity contribution in [1.29, 1.82) is 0 Å². The number of hydrogen-bond donors (Lipinski definition) is 3. The summed E-state index contributed by atoms with van der Waals surface area (Å²) in [5.74, 6) is -0.865. The van der Waals surface area contributed by atoms with Crippen molar-refractivity contribution in [2.75, 3.05) is 13.1 Å². The van der Waals surface area contributed by atoms with Crippen LogP contribution in [-0.4, -0.2) is 36.1 Å². The molecule has 1 aliphatic heterocycles. The fraction of sp³-hybridized carbons (Fsp3) is 0.846. The van der Waals surface area contributed by atoms with E-state index in [9.17, 15) is 9.59 Å². The van der Waals surface area contributed by atoms with Gasteiger partial charge in [0.25, 0.3) is 0 Å². The molecule has 18 heavy (non-hydrogen) atoms. The summed E-state index contributed by atoms with van der Waals surface area (Å²) in [6.07, 6.45) is 2.22. The molecule has 1 amide bonds. The molecular weight excluding hydrogens is 232 g/mol. The van der Waals surface area contributed by atoms with Crippen molar-refractivity contribution in [1.82, 2.24) is 10.6 Å². The van der Waals surface area contributed by atoms with Crippen LogP contribution in [0.25, 0.3) is 0 Å². The van der Waals surface area contributed by atoms with Crippen molar-refractivity contribution >= 4 is 11.9 Å². The molecule has 1 heterocycles. The van der Waals surface area contributed by atoms with Crippen LogP contribution in [0, 0.1) is 11.3 Å². The second kappa shape index (κ2) is 6.18. The van der Waals surface area contributed by atoms with E-state index in [0.29, 0.717) is 13.0 Å². The minimum absolute atomic E-state index is 0.150. The number of piperidine rings is 1. The van der Waals surface area contributed by atoms with Gasteiger partial charge in [-0.05, 0) is 38.6 Å². The maximum absolute atomic E-state index is 12.2. The molecule has 0 aromatic carbocycles. The highest BCUT2D eigenvalue weighted by Gasteiger charge is 2.36. The van der Waals surface area contributed by atoms with Gasteiger partial charge in [-0.1, -0.05) is 13.8 Å². The molecule has 5 nitrogen and oxygen atoms in total. The topological polar surface area (TPSA) is 78.4 Å². The molecule has 1 rings (SSSR count). The Hall–Kier alpha value is -1.10. The molecule has 0 spiro atoms. The zero-order chi connectivity index (χ0) is 13.8. The van der Waals surface area contributed by atoms with Gasteiger partial charge in [-0.2, -0.15) is 0 Å². The summed E-state index contributed by atoms with van der Waals surface area (Å²) < 4.78 is 0. The van der Waals surface area contributed by atoms with Gasteiger partial charge in [0.2, 0.25) is 5.91 Å². The van der Waals surface area contributed by atoms with Crippen LogP contribution in [0.1, 0.15) is 40.0 Å². The largest absolute Gasteiger partial charge is 0.480 e. The van der Waals surface area contributed by atoms with Crippen molar-refractivity contribution in [3.05, 3.63) is 0 Å². The van der Waals surface area contributed by atoms with Crippen LogP contribution in [0.15, 0.2) is 0 Å². The number of carboxylic acid groups (broad SMARTS) is 1. The Morgan fingerprint density at radius 2 is 2.11 bits per heavy atom. The Labute approximate surface area is 108 Å². The number of hydrogen-bond acceptors (Lipinski definition) is 3. The van der Waals surface area contributed by atoms with E-state index in [-0.39, 0.29) is 11.8 Å². The van der Waals surface area contributed by atoms with E-state index in [1.807, 2.05) is 20.8 Å². The van der Waals surface area contributed by atoms with E-state index in [1.165, 1.54) is 0 Å². The molecule has 3 N–H and O–H groups in total. The summed E-state index contributed by atoms with van der Waals surface area (Å²) >= 11 is 0. The van der Waals surface area contributed by atoms with E-state index in [0.717, 1.165) is 19.4 Å². The average molecular weight is 256 g/mol. The van der Waals surface area contributed by atoms with Gasteiger partial charge >= 0.3 is 5.97 Å². The van der Waals surface area contributed by atoms with Gasteiger partial charge in [0.05, 0.1) is 5.41 Å². The standard InChI is InChI=1S/C13H24N2O3/c1-9(2)7-10(11(16)17)15-12(18)13(3)5-4-6-14-8-13/h9-10,14H,4-8H2,1-3H3,(H,15,18)(H,16,17)/t10-,13?/m0/s1. The van der Waals surface area contributed by atoms with Crippen molar-refractivity contribution in [3.8, 4) is 0 Å². The van der Waals surface area contributed by atoms with Crippen LogP contribution >= 0.6 is 0 Å². The highest BCUT2D eigenvalue weighted by atomic mass is 16.4. The first-order valence-corrected chi connectivity index (χ1v) is 6.59. The number of nitrogens with one attached hydrogen (secondary N) is 2. The fourth-order valence-corrected chi connectivity index (χ4v) is 2.28. The molecule has 2 atom stereocenters. The third kappa shape index (κ3) is 3.98. The molecule has 0 aliphatic carbocycles. The number of carbonyl (C=O) groups excluding carboxylic acids is 1. The van der Waals surface area contributed by atoms with Crippen LogP contribution in [0.3, 0.4) is 0 Å². The van der Waals surface area contributed by atoms with Crippen LogP contribution in [-0.2, 0) is 9.59 Å². The Morgan fingerprint density at radius 1 is 1.44 bits per heavy atom. The van der Waals surface area contributed by atoms with Crippen molar-refractivity contribution < 1.29 is 14.7 Å². The molecule has 1 unspecified atom stereocenters. The summed E-state index contributed by atoms with van der Waals surface area (Å²) in [7, 11) is 0. The van der Waals surface area contributed by atoms with Crippen molar-refractivity contribution in [2.24, 2.45) is 11.3 Å². The third-order valence-electron chi connectivity index (χ3n) is 3.46. The number of carboxylic acids is 1. The van der Waals surface area contributed by atoms with E-state index in [4.69, 9.17) is 5.11 Å². The van der Waals surface area contributed by atoms with Crippen LogP contribution in [0.2, 0.25) is 0 Å². The smallest absolute Gasteiger partial charge is 0.326 e. The first kappa shape index (κ1) is 15.0. The van der Waals surface area contributed by atoms with Crippen LogP contribution in [0.5, 0.6) is 0 Å². The molecule has 0 bridgehead atoms. The van der Waals surface area contributed by atoms with Crippen LogP contribution < -0.4 is 10.6 Å². The minimum Gasteiger partial charge on any atom is -0.480 e. The van der Waals surface area contributed by atoms with E-state index in [2.05, 4.69) is 10.6 Å². The predicted octanol–water partition coefficient (Wildman–Crippen LogP) is 0.992. The Balaban J connectivity index is 2.62. The second-order valence-corrected chi connectivity index (χ2v) is 5.83. The zero-order valence-corrected chi connectivity index (χ0v) is 11.5. The minimum atomic E-state index is -0.954. The molecule has 5 heteroatoms. The highest BCUT2D eigenvalue weighted by Crippen LogP contribution is 2.25. The maximum atomic E-state index is 12.2. The molecular formula is C13H24N2O3. The van der Waals surface area contributed by atoms with Gasteiger partial charge in [-0.15, -0.1) is 0 Å². The van der Waals surface area contributed by atoms with Gasteiger partial charge < -0.3 is 15.7 Å². The summed E-state index contributed by atoms with van der Waals surface area (Å²) in [5.41, 5.74) is -0.483. The first-order chi connectivity index (χ1) is 8.35. The monoisotopic (exact) mass is 256 g/mol. The predicted molar refractivity (Wildman–Crippen MR) is 69.2 cm³/mol. The molecule has 1 fully saturated rings. The SMILES string of the molecule is CC(C)C[C@H](NC(=O)C1(C)CCCNC1)C(=O)O. The van der Waals surface area contributed by atoms with Gasteiger partial charge in [0.15, 0.2) is 0 Å². The second-order valence-electron chi connectivity index (χ2n) is 5.83. The van der Waals surface area contributed by atoms with Gasteiger partial charge in [0.1, 0.15) is 6.04 Å². The average Bonchev–Trinajstić information content (AvgIpc) is 2.28. The van der Waals surface area contributed by atoms with E-state index < -0.39 is 17.4 Å². The quantitative estimate of drug-likeness (QED) is 0.685. The van der Waals surface area contributed by atoms with Gasteiger partial charge in [0, 0.05) is 6.54 Å². The number of amides is 1. The summed E-state index contributed by atoms with van der Waals surface area (Å²) in [6.45, 7) is 7.34. The summed E-state index contributed by atoms with van der Waals surface area (Å²) in [5, 5.41) is 15.0. The number of rotatable bonds is 5. The lowest BCUT2D eigenvalue weighted by Gasteiger charge is -2.33. The Bertz CT molecular complexity index is 309. The zero-order valence-electron chi connectivity index (χ0n) is 11.5. The normalized spacial score (nSPS) is 25.8. The van der Waals surface area contributed by atoms with Crippen LogP contribution in [0.4, 0.5) is 0 Å². The molecule has 0 radical (unpaired) electrons. The van der Waals surface area contributed by atoms with E-state index >= 15 is 0 Å². The molecule has 1 aliphatic rings. The van der Waals surface area contributed by atoms with Gasteiger partial charge in [-0.25, -0.2) is 4.79 Å². The summed E-state index contributed by atoms with van der Waals surface area (Å²) in [4.78, 5) is 23.3. The molecule has 1 saturated heterocycles. The lowest BCUT2D eigenvalue weighted by molar-refractivity contribution is -0.144. The molecule has 0 aromatic rings. The number of aliphatic carboxylic acids is 1. The molecule has 0 aromatic heterocycles. The maximum Gasteiger partial charge on any atom is 0.326 e. The first-order valence-electron chi connectivity index (χ1n) is 6.59. The Kier molecular flexibility index (Phi) is 5.14. The van der Waals surface area contributed by atoms with Crippen molar-refractivity contribution in [3.63, 3.8) is 0 Å². The van der Waals surface area contributed by atoms with Gasteiger partial charge in [-0.3, -0.25) is 4.79 Å². The van der Waals surface area contributed by atoms with E-state index in [1.54, 1.807) is 0 Å². The third-order valence-corrected chi connectivity index (χ3v) is 3.46. The number of carbonyl (C=O) groups is 2. The lowest BCUT2D eigenvalue weighted by Crippen LogP contribution is -2.53. The highest BCUT2D eigenvalue weighted by molar-refractivity contribution is 5.87.